The standard InChI is InChI=1S/C16H24N2O2/c1-12(16(2)7-8-16)17-10-5-13(6-11-17)18-9-3-4-14(18)15(19)20/h3-4,9,12-13H,5-8,10-11H2,1-2H3,(H,19,20). The minimum atomic E-state index is -0.823. The van der Waals surface area contributed by atoms with Crippen LogP contribution in [-0.4, -0.2) is 39.7 Å². The number of piperidine rings is 1. The second-order valence-electron chi connectivity index (χ2n) is 6.70. The Morgan fingerprint density at radius 3 is 2.60 bits per heavy atom. The Kier molecular flexibility index (Phi) is 3.36. The molecule has 2 heterocycles. The van der Waals surface area contributed by atoms with Crippen molar-refractivity contribution in [2.24, 2.45) is 5.41 Å². The van der Waals surface area contributed by atoms with Crippen LogP contribution in [0.5, 0.6) is 0 Å². The quantitative estimate of drug-likeness (QED) is 0.919. The number of carboxylic acids is 1. The average molecular weight is 276 g/mol. The molecule has 4 nitrogen and oxygen atoms in total. The molecule has 4 heteroatoms. The van der Waals surface area contributed by atoms with Gasteiger partial charge in [-0.3, -0.25) is 4.90 Å². The topological polar surface area (TPSA) is 45.5 Å². The van der Waals surface area contributed by atoms with Crippen LogP contribution in [-0.2, 0) is 0 Å². The number of hydrogen-bond donors (Lipinski definition) is 1. The van der Waals surface area contributed by atoms with Gasteiger partial charge >= 0.3 is 5.97 Å². The molecule has 3 rings (SSSR count). The van der Waals surface area contributed by atoms with Crippen molar-refractivity contribution in [3.63, 3.8) is 0 Å². The molecule has 0 spiro atoms. The van der Waals surface area contributed by atoms with Gasteiger partial charge in [0.25, 0.3) is 0 Å². The summed E-state index contributed by atoms with van der Waals surface area (Å²) in [5.41, 5.74) is 0.956. The monoisotopic (exact) mass is 276 g/mol. The summed E-state index contributed by atoms with van der Waals surface area (Å²) in [5, 5.41) is 9.21. The molecule has 0 radical (unpaired) electrons. The normalized spacial score (nSPS) is 24.5. The zero-order chi connectivity index (χ0) is 14.3. The highest BCUT2D eigenvalue weighted by molar-refractivity contribution is 5.85. The fraction of sp³-hybridized carbons (Fsp3) is 0.688. The summed E-state index contributed by atoms with van der Waals surface area (Å²) >= 11 is 0. The van der Waals surface area contributed by atoms with E-state index in [0.29, 0.717) is 23.2 Å². The molecule has 1 saturated carbocycles. The molecule has 1 atom stereocenters. The molecule has 2 aliphatic rings. The van der Waals surface area contributed by atoms with Crippen molar-refractivity contribution in [2.45, 2.75) is 51.6 Å². The van der Waals surface area contributed by atoms with Crippen molar-refractivity contribution < 1.29 is 9.90 Å². The van der Waals surface area contributed by atoms with Crippen LogP contribution in [0.4, 0.5) is 0 Å². The van der Waals surface area contributed by atoms with Gasteiger partial charge in [0.05, 0.1) is 0 Å². The fourth-order valence-corrected chi connectivity index (χ4v) is 3.50. The lowest BCUT2D eigenvalue weighted by atomic mass is 9.95. The minimum absolute atomic E-state index is 0.339. The third-order valence-electron chi connectivity index (χ3n) is 5.49. The molecule has 2 fully saturated rings. The molecule has 0 amide bonds. The van der Waals surface area contributed by atoms with E-state index in [4.69, 9.17) is 0 Å². The van der Waals surface area contributed by atoms with Crippen LogP contribution in [0.2, 0.25) is 0 Å². The fourth-order valence-electron chi connectivity index (χ4n) is 3.50. The highest BCUT2D eigenvalue weighted by Crippen LogP contribution is 2.50. The van der Waals surface area contributed by atoms with E-state index in [1.165, 1.54) is 12.8 Å². The predicted molar refractivity (Wildman–Crippen MR) is 78.0 cm³/mol. The first-order valence-corrected chi connectivity index (χ1v) is 7.65. The maximum absolute atomic E-state index is 11.2. The van der Waals surface area contributed by atoms with Crippen LogP contribution in [0.25, 0.3) is 0 Å². The Morgan fingerprint density at radius 2 is 2.05 bits per heavy atom. The number of likely N-dealkylation sites (tertiary alicyclic amines) is 1. The highest BCUT2D eigenvalue weighted by atomic mass is 16.4. The smallest absolute Gasteiger partial charge is 0.352 e. The average Bonchev–Trinajstić information content (AvgIpc) is 3.02. The third kappa shape index (κ3) is 2.37. The summed E-state index contributed by atoms with van der Waals surface area (Å²) in [7, 11) is 0. The molecule has 0 bridgehead atoms. The summed E-state index contributed by atoms with van der Waals surface area (Å²) < 4.78 is 1.95. The van der Waals surface area contributed by atoms with E-state index in [9.17, 15) is 9.90 Å². The summed E-state index contributed by atoms with van der Waals surface area (Å²) in [4.78, 5) is 13.8. The van der Waals surface area contributed by atoms with Crippen molar-refractivity contribution in [2.75, 3.05) is 13.1 Å². The number of nitrogens with zero attached hydrogens (tertiary/aromatic N) is 2. The second kappa shape index (κ2) is 4.92. The summed E-state index contributed by atoms with van der Waals surface area (Å²) in [6.45, 7) is 6.90. The van der Waals surface area contributed by atoms with Crippen LogP contribution < -0.4 is 0 Å². The van der Waals surface area contributed by atoms with Gasteiger partial charge in [-0.2, -0.15) is 0 Å². The van der Waals surface area contributed by atoms with Gasteiger partial charge in [0.15, 0.2) is 0 Å². The molecule has 1 aromatic heterocycles. The third-order valence-corrected chi connectivity index (χ3v) is 5.49. The maximum atomic E-state index is 11.2. The van der Waals surface area contributed by atoms with Crippen molar-refractivity contribution in [1.29, 1.82) is 0 Å². The maximum Gasteiger partial charge on any atom is 0.352 e. The molecule has 1 saturated heterocycles. The second-order valence-corrected chi connectivity index (χ2v) is 6.70. The molecular weight excluding hydrogens is 252 g/mol. The van der Waals surface area contributed by atoms with Gasteiger partial charge in [0.1, 0.15) is 5.69 Å². The number of hydrogen-bond acceptors (Lipinski definition) is 2. The van der Waals surface area contributed by atoms with Crippen LogP contribution in [0, 0.1) is 5.41 Å². The van der Waals surface area contributed by atoms with Crippen molar-refractivity contribution in [1.82, 2.24) is 9.47 Å². The van der Waals surface area contributed by atoms with E-state index in [1.807, 2.05) is 16.8 Å². The number of aromatic nitrogens is 1. The van der Waals surface area contributed by atoms with Gasteiger partial charge in [-0.05, 0) is 50.2 Å². The molecule has 1 aromatic rings. The highest BCUT2D eigenvalue weighted by Gasteiger charge is 2.45. The Morgan fingerprint density at radius 1 is 1.40 bits per heavy atom. The zero-order valence-electron chi connectivity index (χ0n) is 12.4. The molecule has 1 N–H and O–H groups in total. The van der Waals surface area contributed by atoms with Gasteiger partial charge < -0.3 is 9.67 Å². The van der Waals surface area contributed by atoms with E-state index in [1.54, 1.807) is 6.07 Å². The summed E-state index contributed by atoms with van der Waals surface area (Å²) in [5.74, 6) is -0.823. The van der Waals surface area contributed by atoms with Crippen LogP contribution >= 0.6 is 0 Å². The number of carbonyl (C=O) groups is 1. The lowest BCUT2D eigenvalue weighted by molar-refractivity contribution is 0.0670. The molecule has 0 aromatic carbocycles. The molecule has 1 aliphatic heterocycles. The number of carboxylic acid groups (broad SMARTS) is 1. The Hall–Kier alpha value is -1.29. The Bertz CT molecular complexity index is 496. The van der Waals surface area contributed by atoms with E-state index >= 15 is 0 Å². The van der Waals surface area contributed by atoms with Gasteiger partial charge in [0, 0.05) is 31.4 Å². The molecule has 110 valence electrons. The SMILES string of the molecule is CC(N1CCC(n2cccc2C(=O)O)CC1)C1(C)CC1. The van der Waals surface area contributed by atoms with E-state index in [-0.39, 0.29) is 0 Å². The molecule has 1 aliphatic carbocycles. The van der Waals surface area contributed by atoms with Gasteiger partial charge in [-0.15, -0.1) is 0 Å². The van der Waals surface area contributed by atoms with Crippen molar-refractivity contribution in [3.05, 3.63) is 24.0 Å². The Labute approximate surface area is 120 Å². The van der Waals surface area contributed by atoms with Crippen LogP contribution in [0.1, 0.15) is 56.1 Å². The molecule has 20 heavy (non-hydrogen) atoms. The largest absolute Gasteiger partial charge is 0.477 e. The van der Waals surface area contributed by atoms with Crippen molar-refractivity contribution >= 4 is 5.97 Å². The van der Waals surface area contributed by atoms with Crippen LogP contribution in [0.15, 0.2) is 18.3 Å². The summed E-state index contributed by atoms with van der Waals surface area (Å²) in [6.07, 6.45) is 6.73. The van der Waals surface area contributed by atoms with E-state index in [2.05, 4.69) is 18.7 Å². The lowest BCUT2D eigenvalue weighted by Gasteiger charge is -2.39. The first kappa shape index (κ1) is 13.7. The van der Waals surface area contributed by atoms with Gasteiger partial charge in [0.2, 0.25) is 0 Å². The lowest BCUT2D eigenvalue weighted by Crippen LogP contribution is -2.44. The van der Waals surface area contributed by atoms with Gasteiger partial charge in [-0.25, -0.2) is 4.79 Å². The molecular formula is C16H24N2O2. The first-order valence-electron chi connectivity index (χ1n) is 7.65. The number of aromatic carboxylic acids is 1. The first-order chi connectivity index (χ1) is 9.51. The van der Waals surface area contributed by atoms with E-state index < -0.39 is 5.97 Å². The molecule has 1 unspecified atom stereocenters. The van der Waals surface area contributed by atoms with E-state index in [0.717, 1.165) is 25.9 Å². The van der Waals surface area contributed by atoms with Crippen LogP contribution in [0.3, 0.4) is 0 Å². The van der Waals surface area contributed by atoms with Crippen molar-refractivity contribution in [3.8, 4) is 0 Å². The number of rotatable bonds is 4. The summed E-state index contributed by atoms with van der Waals surface area (Å²) in [6, 6.07) is 4.53. The Balaban J connectivity index is 1.63. The minimum Gasteiger partial charge on any atom is -0.477 e. The zero-order valence-corrected chi connectivity index (χ0v) is 12.4. The van der Waals surface area contributed by atoms with Gasteiger partial charge in [-0.1, -0.05) is 6.92 Å². The predicted octanol–water partition coefficient (Wildman–Crippen LogP) is 3.01.